The van der Waals surface area contributed by atoms with Gasteiger partial charge in [-0.25, -0.2) is 4.98 Å². The monoisotopic (exact) mass is 495 g/mol. The number of ether oxygens (including phenoxy) is 1. The van der Waals surface area contributed by atoms with Crippen LogP contribution in [0.3, 0.4) is 0 Å². The van der Waals surface area contributed by atoms with E-state index in [1.807, 2.05) is 32.9 Å². The van der Waals surface area contributed by atoms with Gasteiger partial charge < -0.3 is 4.74 Å². The molecule has 1 heterocycles. The summed E-state index contributed by atoms with van der Waals surface area (Å²) in [5, 5.41) is 5.63. The van der Waals surface area contributed by atoms with Crippen LogP contribution in [0.4, 0.5) is 0 Å². The minimum absolute atomic E-state index is 0.00166. The van der Waals surface area contributed by atoms with Crippen molar-refractivity contribution in [2.75, 3.05) is 0 Å². The van der Waals surface area contributed by atoms with E-state index in [0.717, 1.165) is 10.9 Å². The number of benzene rings is 2. The molecule has 0 fully saturated rings. The molecule has 0 N–H and O–H groups in total. The van der Waals surface area contributed by atoms with Crippen LogP contribution in [0.15, 0.2) is 44.7 Å². The van der Waals surface area contributed by atoms with Crippen LogP contribution in [0.2, 0.25) is 10.0 Å². The van der Waals surface area contributed by atoms with E-state index in [4.69, 9.17) is 27.9 Å². The molecule has 1 aromatic heterocycles. The molecule has 3 aromatic rings. The van der Waals surface area contributed by atoms with Crippen LogP contribution in [0.1, 0.15) is 38.6 Å². The van der Waals surface area contributed by atoms with Crippen molar-refractivity contribution in [2.45, 2.75) is 39.7 Å². The second-order valence-electron chi connectivity index (χ2n) is 6.55. The third-order valence-electron chi connectivity index (χ3n) is 4.43. The van der Waals surface area contributed by atoms with Crippen molar-refractivity contribution in [1.29, 1.82) is 0 Å². The summed E-state index contributed by atoms with van der Waals surface area (Å²) in [7, 11) is 0. The number of hydrogen-bond donors (Lipinski definition) is 0. The lowest BCUT2D eigenvalue weighted by atomic mass is 10.2. The Kier molecular flexibility index (Phi) is 6.98. The lowest BCUT2D eigenvalue weighted by Crippen LogP contribution is -2.22. The Balaban J connectivity index is 2.02. The first-order valence-electron chi connectivity index (χ1n) is 9.25. The van der Waals surface area contributed by atoms with E-state index in [1.54, 1.807) is 18.2 Å². The number of halogens is 3. The number of rotatable bonds is 6. The van der Waals surface area contributed by atoms with Crippen molar-refractivity contribution in [3.8, 4) is 5.75 Å². The molecule has 5 nitrogen and oxygen atoms in total. The lowest BCUT2D eigenvalue weighted by molar-refractivity contribution is 0.218. The SMILES string of the molecule is CCc1nc2ccc(Br)cc2c(=O)n1N=Cc1cc(Cl)c(O[C@@H](C)CC)c(Cl)c1. The van der Waals surface area contributed by atoms with E-state index in [0.29, 0.717) is 44.5 Å². The van der Waals surface area contributed by atoms with Gasteiger partial charge in [-0.2, -0.15) is 9.78 Å². The Morgan fingerprint density at radius 2 is 1.93 bits per heavy atom. The quantitative estimate of drug-likeness (QED) is 0.388. The van der Waals surface area contributed by atoms with Gasteiger partial charge in [0.1, 0.15) is 5.82 Å². The van der Waals surface area contributed by atoms with Gasteiger partial charge in [0, 0.05) is 10.9 Å². The zero-order valence-corrected chi connectivity index (χ0v) is 19.3. The molecule has 0 amide bonds. The number of aryl methyl sites for hydroxylation is 1. The largest absolute Gasteiger partial charge is 0.488 e. The number of fused-ring (bicyclic) bond motifs is 1. The smallest absolute Gasteiger partial charge is 0.282 e. The van der Waals surface area contributed by atoms with E-state index in [1.165, 1.54) is 10.9 Å². The van der Waals surface area contributed by atoms with E-state index in [2.05, 4.69) is 26.0 Å². The van der Waals surface area contributed by atoms with Crippen LogP contribution >= 0.6 is 39.1 Å². The summed E-state index contributed by atoms with van der Waals surface area (Å²) in [6.07, 6.45) is 2.93. The standard InChI is InChI=1S/C21H20BrCl2N3O2/c1-4-12(3)29-20-16(23)8-13(9-17(20)24)11-25-27-19(5-2)26-18-7-6-14(22)10-15(18)21(27)28/h6-12H,4-5H2,1-3H3/t12-/m0/s1. The second kappa shape index (κ2) is 9.28. The fourth-order valence-electron chi connectivity index (χ4n) is 2.72. The lowest BCUT2D eigenvalue weighted by Gasteiger charge is -2.15. The van der Waals surface area contributed by atoms with Crippen LogP contribution < -0.4 is 10.3 Å². The molecule has 0 aliphatic carbocycles. The van der Waals surface area contributed by atoms with Crippen molar-refractivity contribution in [3.05, 3.63) is 66.6 Å². The van der Waals surface area contributed by atoms with Crippen LogP contribution in [-0.2, 0) is 6.42 Å². The summed E-state index contributed by atoms with van der Waals surface area (Å²) in [5.41, 5.74) is 1.05. The molecule has 0 saturated heterocycles. The van der Waals surface area contributed by atoms with Crippen LogP contribution in [-0.4, -0.2) is 22.0 Å². The van der Waals surface area contributed by atoms with Gasteiger partial charge in [-0.05, 0) is 49.2 Å². The Morgan fingerprint density at radius 3 is 2.55 bits per heavy atom. The summed E-state index contributed by atoms with van der Waals surface area (Å²) in [6.45, 7) is 5.89. The predicted octanol–water partition coefficient (Wildman–Crippen LogP) is 6.09. The maximum atomic E-state index is 12.9. The second-order valence-corrected chi connectivity index (χ2v) is 8.29. The van der Waals surface area contributed by atoms with Gasteiger partial charge in [-0.15, -0.1) is 0 Å². The zero-order valence-electron chi connectivity index (χ0n) is 16.2. The predicted molar refractivity (Wildman–Crippen MR) is 123 cm³/mol. The van der Waals surface area contributed by atoms with Gasteiger partial charge >= 0.3 is 0 Å². The van der Waals surface area contributed by atoms with Crippen molar-refractivity contribution >= 4 is 56.2 Å². The highest BCUT2D eigenvalue weighted by atomic mass is 79.9. The molecule has 0 spiro atoms. The molecule has 0 unspecified atom stereocenters. The Labute approximate surface area is 187 Å². The van der Waals surface area contributed by atoms with Crippen molar-refractivity contribution in [1.82, 2.24) is 9.66 Å². The highest BCUT2D eigenvalue weighted by Gasteiger charge is 2.13. The molecule has 1 atom stereocenters. The minimum Gasteiger partial charge on any atom is -0.488 e. The fourth-order valence-corrected chi connectivity index (χ4v) is 3.67. The van der Waals surface area contributed by atoms with E-state index >= 15 is 0 Å². The highest BCUT2D eigenvalue weighted by molar-refractivity contribution is 9.10. The van der Waals surface area contributed by atoms with Crippen LogP contribution in [0.25, 0.3) is 10.9 Å². The summed E-state index contributed by atoms with van der Waals surface area (Å²) in [4.78, 5) is 17.5. The Hall–Kier alpha value is -1.89. The molecule has 29 heavy (non-hydrogen) atoms. The third-order valence-corrected chi connectivity index (χ3v) is 5.48. The Morgan fingerprint density at radius 1 is 1.24 bits per heavy atom. The zero-order chi connectivity index (χ0) is 21.1. The van der Waals surface area contributed by atoms with Crippen molar-refractivity contribution in [2.24, 2.45) is 5.10 Å². The van der Waals surface area contributed by atoms with Crippen molar-refractivity contribution < 1.29 is 4.74 Å². The first-order chi connectivity index (χ1) is 13.8. The summed E-state index contributed by atoms with van der Waals surface area (Å²) >= 11 is 16.1. The molecule has 0 bridgehead atoms. The number of hydrogen-bond acceptors (Lipinski definition) is 4. The van der Waals surface area contributed by atoms with Crippen LogP contribution in [0, 0.1) is 0 Å². The van der Waals surface area contributed by atoms with Crippen LogP contribution in [0.5, 0.6) is 5.75 Å². The van der Waals surface area contributed by atoms with Gasteiger partial charge in [0.25, 0.3) is 5.56 Å². The topological polar surface area (TPSA) is 56.5 Å². The Bertz CT molecular complexity index is 1120. The van der Waals surface area contributed by atoms with Gasteiger partial charge in [0.15, 0.2) is 5.75 Å². The number of aromatic nitrogens is 2. The molecule has 152 valence electrons. The molecule has 2 aromatic carbocycles. The highest BCUT2D eigenvalue weighted by Crippen LogP contribution is 2.34. The summed E-state index contributed by atoms with van der Waals surface area (Å²) in [6, 6.07) is 8.82. The average molecular weight is 497 g/mol. The molecular formula is C21H20BrCl2N3O2. The van der Waals surface area contributed by atoms with Gasteiger partial charge in [0.2, 0.25) is 0 Å². The first-order valence-corrected chi connectivity index (χ1v) is 10.8. The van der Waals surface area contributed by atoms with E-state index in [9.17, 15) is 4.79 Å². The molecule has 0 saturated carbocycles. The number of nitrogens with zero attached hydrogens (tertiary/aromatic N) is 3. The fraction of sp³-hybridized carbons (Fsp3) is 0.286. The minimum atomic E-state index is -0.238. The maximum absolute atomic E-state index is 12.9. The molecule has 0 aliphatic heterocycles. The van der Waals surface area contributed by atoms with Crippen molar-refractivity contribution in [3.63, 3.8) is 0 Å². The first kappa shape index (κ1) is 21.8. The molecule has 0 aliphatic rings. The van der Waals surface area contributed by atoms with Gasteiger partial charge in [-0.3, -0.25) is 4.79 Å². The molecule has 0 radical (unpaired) electrons. The molecule has 8 heteroatoms. The molecular weight excluding hydrogens is 477 g/mol. The van der Waals surface area contributed by atoms with E-state index in [-0.39, 0.29) is 11.7 Å². The molecule has 3 rings (SSSR count). The van der Waals surface area contributed by atoms with E-state index < -0.39 is 0 Å². The van der Waals surface area contributed by atoms with Gasteiger partial charge in [0.05, 0.1) is 33.3 Å². The normalized spacial score (nSPS) is 12.6. The third kappa shape index (κ3) is 4.82. The van der Waals surface area contributed by atoms with Gasteiger partial charge in [-0.1, -0.05) is 53.0 Å². The summed E-state index contributed by atoms with van der Waals surface area (Å²) < 4.78 is 7.89. The summed E-state index contributed by atoms with van der Waals surface area (Å²) in [5.74, 6) is 1.01. The average Bonchev–Trinajstić information content (AvgIpc) is 2.70. The maximum Gasteiger partial charge on any atom is 0.282 e.